The van der Waals surface area contributed by atoms with Gasteiger partial charge in [-0.15, -0.1) is 0 Å². The second-order valence-electron chi connectivity index (χ2n) is 6.09. The van der Waals surface area contributed by atoms with Crippen LogP contribution >= 0.6 is 0 Å². The molecule has 2 aliphatic rings. The molecule has 0 saturated carbocycles. The molecule has 1 N–H and O–H groups in total. The van der Waals surface area contributed by atoms with Gasteiger partial charge in [0.15, 0.2) is 11.5 Å². The first-order valence-corrected chi connectivity index (χ1v) is 9.04. The van der Waals surface area contributed by atoms with Crippen LogP contribution in [0, 0.1) is 5.92 Å². The summed E-state index contributed by atoms with van der Waals surface area (Å²) in [5.74, 6) is 1.39. The normalized spacial score (nSPS) is 25.9. The molecule has 1 aromatic carbocycles. The minimum Gasteiger partial charge on any atom is -0.490 e. The first-order valence-electron chi connectivity index (χ1n) is 7.56. The van der Waals surface area contributed by atoms with E-state index in [0.717, 1.165) is 19.5 Å². The van der Waals surface area contributed by atoms with Gasteiger partial charge in [-0.25, -0.2) is 13.1 Å². The van der Waals surface area contributed by atoms with Gasteiger partial charge in [-0.1, -0.05) is 6.92 Å². The van der Waals surface area contributed by atoms with Gasteiger partial charge in [-0.05, 0) is 25.1 Å². The van der Waals surface area contributed by atoms with E-state index in [1.165, 1.54) is 0 Å². The number of hydrogen-bond donors (Lipinski definition) is 1. The summed E-state index contributed by atoms with van der Waals surface area (Å²) in [6.45, 7) is 4.81. The highest BCUT2D eigenvalue weighted by Crippen LogP contribution is 2.32. The molecule has 1 fully saturated rings. The summed E-state index contributed by atoms with van der Waals surface area (Å²) in [4.78, 5) is 2.35. The van der Waals surface area contributed by atoms with Crippen LogP contribution in [-0.4, -0.2) is 52.7 Å². The van der Waals surface area contributed by atoms with E-state index >= 15 is 0 Å². The van der Waals surface area contributed by atoms with E-state index in [-0.39, 0.29) is 10.9 Å². The van der Waals surface area contributed by atoms with Gasteiger partial charge in [-0.3, -0.25) is 0 Å². The number of ether oxygens (including phenoxy) is 2. The van der Waals surface area contributed by atoms with Gasteiger partial charge in [0.1, 0.15) is 0 Å². The molecule has 22 heavy (non-hydrogen) atoms. The topological polar surface area (TPSA) is 67.9 Å². The number of nitrogens with zero attached hydrogens (tertiary/aromatic N) is 1. The Balaban J connectivity index is 1.82. The summed E-state index contributed by atoms with van der Waals surface area (Å²) in [5, 5.41) is 0. The highest BCUT2D eigenvalue weighted by atomic mass is 32.2. The fourth-order valence-corrected chi connectivity index (χ4v) is 4.29. The van der Waals surface area contributed by atoms with Crippen LogP contribution in [0.2, 0.25) is 0 Å². The highest BCUT2D eigenvalue weighted by Gasteiger charge is 2.31. The lowest BCUT2D eigenvalue weighted by molar-refractivity contribution is 0.297. The largest absolute Gasteiger partial charge is 0.490 e. The number of rotatable bonds is 3. The summed E-state index contributed by atoms with van der Waals surface area (Å²) in [7, 11) is -1.56. The zero-order valence-electron chi connectivity index (χ0n) is 12.9. The standard InChI is InChI=1S/C15H22N2O4S/c1-11-9-17(2)10-13(11)16-22(18,19)12-4-5-14-15(8-12)21-7-3-6-20-14/h4-5,8,11,13,16H,3,6-7,9-10H2,1-2H3/t11-,13-/m1/s1. The zero-order valence-corrected chi connectivity index (χ0v) is 13.7. The molecule has 1 aromatic rings. The quantitative estimate of drug-likeness (QED) is 0.900. The second kappa shape index (κ2) is 6.06. The number of nitrogens with one attached hydrogen (secondary N) is 1. The lowest BCUT2D eigenvalue weighted by atomic mass is 10.1. The van der Waals surface area contributed by atoms with Crippen LogP contribution < -0.4 is 14.2 Å². The predicted octanol–water partition coefficient (Wildman–Crippen LogP) is 1.08. The van der Waals surface area contributed by atoms with Crippen molar-refractivity contribution in [3.8, 4) is 11.5 Å². The van der Waals surface area contributed by atoms with Crippen molar-refractivity contribution in [1.82, 2.24) is 9.62 Å². The summed E-state index contributed by atoms with van der Waals surface area (Å²) in [5.41, 5.74) is 0. The Hall–Kier alpha value is -1.31. The molecule has 6 nitrogen and oxygen atoms in total. The maximum atomic E-state index is 12.6. The molecule has 7 heteroatoms. The Bertz CT molecular complexity index is 647. The van der Waals surface area contributed by atoms with E-state index in [1.54, 1.807) is 18.2 Å². The van der Waals surface area contributed by atoms with E-state index in [4.69, 9.17) is 9.47 Å². The maximum Gasteiger partial charge on any atom is 0.241 e. The summed E-state index contributed by atoms with van der Waals surface area (Å²) >= 11 is 0. The third kappa shape index (κ3) is 3.21. The van der Waals surface area contributed by atoms with Crippen LogP contribution in [0.25, 0.3) is 0 Å². The molecule has 0 bridgehead atoms. The average molecular weight is 326 g/mol. The Morgan fingerprint density at radius 2 is 1.91 bits per heavy atom. The third-order valence-electron chi connectivity index (χ3n) is 4.13. The summed E-state index contributed by atoms with van der Waals surface area (Å²) < 4.78 is 39.1. The van der Waals surface area contributed by atoms with Crippen molar-refractivity contribution in [1.29, 1.82) is 0 Å². The van der Waals surface area contributed by atoms with Gasteiger partial charge in [0, 0.05) is 31.6 Å². The van der Waals surface area contributed by atoms with E-state index in [9.17, 15) is 8.42 Å². The molecule has 1 saturated heterocycles. The number of benzene rings is 1. The van der Waals surface area contributed by atoms with Crippen molar-refractivity contribution < 1.29 is 17.9 Å². The molecule has 0 aromatic heterocycles. The summed E-state index contributed by atoms with van der Waals surface area (Å²) in [6.07, 6.45) is 0.793. The van der Waals surface area contributed by atoms with Crippen molar-refractivity contribution in [3.05, 3.63) is 18.2 Å². The monoisotopic (exact) mass is 326 g/mol. The van der Waals surface area contributed by atoms with Crippen LogP contribution in [0.1, 0.15) is 13.3 Å². The number of likely N-dealkylation sites (N-methyl/N-ethyl adjacent to an activating group) is 1. The Morgan fingerprint density at radius 3 is 2.59 bits per heavy atom. The van der Waals surface area contributed by atoms with Gasteiger partial charge in [0.05, 0.1) is 18.1 Å². The maximum absolute atomic E-state index is 12.6. The fraction of sp³-hybridized carbons (Fsp3) is 0.600. The van der Waals surface area contributed by atoms with Crippen molar-refractivity contribution in [2.75, 3.05) is 33.4 Å². The van der Waals surface area contributed by atoms with Crippen LogP contribution in [0.5, 0.6) is 11.5 Å². The van der Waals surface area contributed by atoms with Crippen molar-refractivity contribution >= 4 is 10.0 Å². The van der Waals surface area contributed by atoms with Crippen molar-refractivity contribution in [2.45, 2.75) is 24.3 Å². The molecule has 2 atom stereocenters. The molecule has 0 amide bonds. The van der Waals surface area contributed by atoms with E-state index < -0.39 is 10.0 Å². The van der Waals surface area contributed by atoms with Crippen LogP contribution in [-0.2, 0) is 10.0 Å². The third-order valence-corrected chi connectivity index (χ3v) is 5.62. The molecular formula is C15H22N2O4S. The van der Waals surface area contributed by atoms with E-state index in [2.05, 4.69) is 16.5 Å². The molecule has 0 radical (unpaired) electrons. The summed E-state index contributed by atoms with van der Waals surface area (Å²) in [6, 6.07) is 4.72. The molecule has 3 rings (SSSR count). The Kier molecular flexibility index (Phi) is 4.29. The van der Waals surface area contributed by atoms with E-state index in [0.29, 0.717) is 30.6 Å². The molecule has 0 unspecified atom stereocenters. The number of sulfonamides is 1. The lowest BCUT2D eigenvalue weighted by Gasteiger charge is -2.17. The van der Waals surface area contributed by atoms with Gasteiger partial charge >= 0.3 is 0 Å². The second-order valence-corrected chi connectivity index (χ2v) is 7.80. The average Bonchev–Trinajstić information content (AvgIpc) is 2.66. The molecule has 2 heterocycles. The molecule has 0 spiro atoms. The first-order chi connectivity index (χ1) is 10.5. The first kappa shape index (κ1) is 15.6. The number of fused-ring (bicyclic) bond motifs is 1. The molecule has 122 valence electrons. The van der Waals surface area contributed by atoms with Crippen LogP contribution in [0.15, 0.2) is 23.1 Å². The fourth-order valence-electron chi connectivity index (χ4n) is 2.94. The predicted molar refractivity (Wildman–Crippen MR) is 82.8 cm³/mol. The van der Waals surface area contributed by atoms with Crippen molar-refractivity contribution in [2.24, 2.45) is 5.92 Å². The molecule has 0 aliphatic carbocycles. The van der Waals surface area contributed by atoms with Crippen LogP contribution in [0.3, 0.4) is 0 Å². The van der Waals surface area contributed by atoms with E-state index in [1.807, 2.05) is 7.05 Å². The van der Waals surface area contributed by atoms with Gasteiger partial charge in [0.2, 0.25) is 10.0 Å². The van der Waals surface area contributed by atoms with Crippen LogP contribution in [0.4, 0.5) is 0 Å². The van der Waals surface area contributed by atoms with Crippen molar-refractivity contribution in [3.63, 3.8) is 0 Å². The molecule has 2 aliphatic heterocycles. The Morgan fingerprint density at radius 1 is 1.18 bits per heavy atom. The zero-order chi connectivity index (χ0) is 15.7. The van der Waals surface area contributed by atoms with Gasteiger partial charge < -0.3 is 14.4 Å². The number of hydrogen-bond acceptors (Lipinski definition) is 5. The smallest absolute Gasteiger partial charge is 0.241 e. The molecular weight excluding hydrogens is 304 g/mol. The number of likely N-dealkylation sites (tertiary alicyclic amines) is 1. The minimum atomic E-state index is -3.56. The van der Waals surface area contributed by atoms with Gasteiger partial charge in [0.25, 0.3) is 0 Å². The highest BCUT2D eigenvalue weighted by molar-refractivity contribution is 7.89. The Labute approximate surface area is 131 Å². The SMILES string of the molecule is C[C@@H]1CN(C)C[C@H]1NS(=O)(=O)c1ccc2c(c1)OCCCO2. The lowest BCUT2D eigenvalue weighted by Crippen LogP contribution is -2.39. The minimum absolute atomic E-state index is 0.0639. The van der Waals surface area contributed by atoms with Gasteiger partial charge in [-0.2, -0.15) is 0 Å².